The van der Waals surface area contributed by atoms with Gasteiger partial charge in [-0.2, -0.15) is 0 Å². The van der Waals surface area contributed by atoms with E-state index >= 15 is 0 Å². The SMILES string of the molecule is O=C(O)c1cn(-c2cnccn2)c2cc(N3Cc4ccccc4C3)c(Cl)cc2c1=O. The van der Waals surface area contributed by atoms with Crippen LogP contribution in [-0.4, -0.2) is 25.6 Å². The summed E-state index contributed by atoms with van der Waals surface area (Å²) in [6, 6.07) is 11.5. The van der Waals surface area contributed by atoms with E-state index in [1.54, 1.807) is 4.57 Å². The maximum absolute atomic E-state index is 12.8. The maximum atomic E-state index is 12.8. The number of carboxylic acids is 1. The first-order valence-corrected chi connectivity index (χ1v) is 9.61. The molecule has 3 heterocycles. The van der Waals surface area contributed by atoms with Crippen molar-refractivity contribution in [1.29, 1.82) is 0 Å². The molecule has 7 nitrogen and oxygen atoms in total. The smallest absolute Gasteiger partial charge is 0.341 e. The second-order valence-corrected chi connectivity index (χ2v) is 7.46. The van der Waals surface area contributed by atoms with Crippen LogP contribution < -0.4 is 10.3 Å². The molecule has 0 saturated carbocycles. The van der Waals surface area contributed by atoms with Crippen molar-refractivity contribution < 1.29 is 9.90 Å². The molecule has 1 aliphatic heterocycles. The molecule has 2 aromatic heterocycles. The Kier molecular flexibility index (Phi) is 4.25. The van der Waals surface area contributed by atoms with Crippen LogP contribution in [0.4, 0.5) is 5.69 Å². The van der Waals surface area contributed by atoms with Crippen LogP contribution in [0.5, 0.6) is 0 Å². The maximum Gasteiger partial charge on any atom is 0.341 e. The molecular formula is C22H15ClN4O3. The van der Waals surface area contributed by atoms with Gasteiger partial charge in [0.05, 0.1) is 22.4 Å². The molecule has 148 valence electrons. The molecule has 0 radical (unpaired) electrons. The number of halogens is 1. The molecule has 0 saturated heterocycles. The van der Waals surface area contributed by atoms with E-state index in [9.17, 15) is 14.7 Å². The quantitative estimate of drug-likeness (QED) is 0.546. The van der Waals surface area contributed by atoms with Crippen LogP contribution in [0.2, 0.25) is 5.02 Å². The molecule has 8 heteroatoms. The average Bonchev–Trinajstić information content (AvgIpc) is 3.18. The Bertz CT molecular complexity index is 1340. The number of nitrogens with zero attached hydrogens (tertiary/aromatic N) is 4. The fraction of sp³-hybridized carbons (Fsp3) is 0.0909. The summed E-state index contributed by atoms with van der Waals surface area (Å²) < 4.78 is 1.57. The lowest BCUT2D eigenvalue weighted by Crippen LogP contribution is -2.20. The van der Waals surface area contributed by atoms with Crippen LogP contribution in [0.15, 0.2) is 66.0 Å². The Balaban J connectivity index is 1.75. The third-order valence-electron chi connectivity index (χ3n) is 5.28. The minimum Gasteiger partial charge on any atom is -0.477 e. The highest BCUT2D eigenvalue weighted by Gasteiger charge is 2.23. The predicted molar refractivity (Wildman–Crippen MR) is 113 cm³/mol. The van der Waals surface area contributed by atoms with Gasteiger partial charge in [0.25, 0.3) is 0 Å². The Hall–Kier alpha value is -3.71. The highest BCUT2D eigenvalue weighted by molar-refractivity contribution is 6.34. The molecule has 30 heavy (non-hydrogen) atoms. The van der Waals surface area contributed by atoms with Gasteiger partial charge < -0.3 is 10.0 Å². The summed E-state index contributed by atoms with van der Waals surface area (Å²) in [5, 5.41) is 10.1. The van der Waals surface area contributed by atoms with Crippen molar-refractivity contribution in [2.45, 2.75) is 13.1 Å². The van der Waals surface area contributed by atoms with Crippen molar-refractivity contribution in [2.75, 3.05) is 4.90 Å². The lowest BCUT2D eigenvalue weighted by molar-refractivity contribution is 0.0695. The van der Waals surface area contributed by atoms with Crippen molar-refractivity contribution in [3.63, 3.8) is 0 Å². The molecular weight excluding hydrogens is 404 g/mol. The number of anilines is 1. The zero-order valence-electron chi connectivity index (χ0n) is 15.6. The molecule has 0 spiro atoms. The van der Waals surface area contributed by atoms with E-state index in [4.69, 9.17) is 11.6 Å². The first-order valence-electron chi connectivity index (χ1n) is 9.23. The second-order valence-electron chi connectivity index (χ2n) is 7.06. The minimum atomic E-state index is -1.31. The van der Waals surface area contributed by atoms with Gasteiger partial charge in [-0.1, -0.05) is 35.9 Å². The van der Waals surface area contributed by atoms with E-state index in [0.29, 0.717) is 29.4 Å². The lowest BCUT2D eigenvalue weighted by atomic mass is 10.1. The molecule has 2 aromatic carbocycles. The zero-order chi connectivity index (χ0) is 20.8. The average molecular weight is 419 g/mol. The number of pyridine rings is 1. The lowest BCUT2D eigenvalue weighted by Gasteiger charge is -2.21. The summed E-state index contributed by atoms with van der Waals surface area (Å²) in [5.41, 5.74) is 2.78. The second kappa shape index (κ2) is 6.96. The molecule has 0 atom stereocenters. The topological polar surface area (TPSA) is 88.3 Å². The highest BCUT2D eigenvalue weighted by Crippen LogP contribution is 2.36. The highest BCUT2D eigenvalue weighted by atomic mass is 35.5. The van der Waals surface area contributed by atoms with E-state index in [2.05, 4.69) is 27.0 Å². The van der Waals surface area contributed by atoms with Crippen LogP contribution >= 0.6 is 11.6 Å². The van der Waals surface area contributed by atoms with Gasteiger partial charge in [0.2, 0.25) is 5.43 Å². The van der Waals surface area contributed by atoms with Crippen molar-refractivity contribution >= 4 is 34.2 Å². The van der Waals surface area contributed by atoms with Crippen molar-refractivity contribution in [1.82, 2.24) is 14.5 Å². The molecule has 0 amide bonds. The predicted octanol–water partition coefficient (Wildman–Crippen LogP) is 3.65. The van der Waals surface area contributed by atoms with Crippen LogP contribution in [-0.2, 0) is 13.1 Å². The third kappa shape index (κ3) is 2.91. The van der Waals surface area contributed by atoms with E-state index in [1.807, 2.05) is 18.2 Å². The van der Waals surface area contributed by atoms with Crippen molar-refractivity contribution in [3.8, 4) is 5.82 Å². The monoisotopic (exact) mass is 418 g/mol. The first-order chi connectivity index (χ1) is 14.5. The van der Waals surface area contributed by atoms with Gasteiger partial charge in [0.15, 0.2) is 5.82 Å². The Labute approximate surface area is 175 Å². The van der Waals surface area contributed by atoms with Gasteiger partial charge in [0.1, 0.15) is 5.56 Å². The Morgan fingerprint density at radius 3 is 2.47 bits per heavy atom. The molecule has 0 unspecified atom stereocenters. The number of rotatable bonds is 3. The molecule has 0 aliphatic carbocycles. The Morgan fingerprint density at radius 2 is 1.83 bits per heavy atom. The summed E-state index contributed by atoms with van der Waals surface area (Å²) in [5.74, 6) is -0.905. The van der Waals surface area contributed by atoms with E-state index in [0.717, 1.165) is 5.69 Å². The largest absolute Gasteiger partial charge is 0.477 e. The van der Waals surface area contributed by atoms with E-state index < -0.39 is 11.4 Å². The normalized spacial score (nSPS) is 12.9. The number of benzene rings is 2. The molecule has 1 aliphatic rings. The van der Waals surface area contributed by atoms with Gasteiger partial charge in [-0.25, -0.2) is 9.78 Å². The molecule has 1 N–H and O–H groups in total. The molecule has 4 aromatic rings. The fourth-order valence-corrected chi connectivity index (χ4v) is 4.12. The van der Waals surface area contributed by atoms with Crippen molar-refractivity contribution in [3.05, 3.63) is 93.1 Å². The van der Waals surface area contributed by atoms with E-state index in [1.165, 1.54) is 42.0 Å². The number of aromatic carboxylic acids is 1. The molecule has 5 rings (SSSR count). The molecule has 0 fully saturated rings. The fourth-order valence-electron chi connectivity index (χ4n) is 3.84. The van der Waals surface area contributed by atoms with Gasteiger partial charge in [-0.05, 0) is 23.3 Å². The number of hydrogen-bond donors (Lipinski definition) is 1. The first kappa shape index (κ1) is 18.3. The summed E-state index contributed by atoms with van der Waals surface area (Å²) >= 11 is 6.56. The number of aromatic nitrogens is 3. The summed E-state index contributed by atoms with van der Waals surface area (Å²) in [7, 11) is 0. The Morgan fingerprint density at radius 1 is 1.10 bits per heavy atom. The van der Waals surface area contributed by atoms with Crippen LogP contribution in [0.1, 0.15) is 21.5 Å². The summed E-state index contributed by atoms with van der Waals surface area (Å²) in [6.45, 7) is 1.40. The summed E-state index contributed by atoms with van der Waals surface area (Å²) in [6.07, 6.45) is 5.83. The van der Waals surface area contributed by atoms with Crippen LogP contribution in [0.25, 0.3) is 16.7 Å². The van der Waals surface area contributed by atoms with Crippen LogP contribution in [0.3, 0.4) is 0 Å². The van der Waals surface area contributed by atoms with Gasteiger partial charge in [-0.3, -0.25) is 14.3 Å². The van der Waals surface area contributed by atoms with E-state index in [-0.39, 0.29) is 10.9 Å². The number of hydrogen-bond acceptors (Lipinski definition) is 5. The van der Waals surface area contributed by atoms with Gasteiger partial charge in [0, 0.05) is 37.1 Å². The third-order valence-corrected chi connectivity index (χ3v) is 5.58. The zero-order valence-corrected chi connectivity index (χ0v) is 16.4. The van der Waals surface area contributed by atoms with Gasteiger partial charge in [-0.15, -0.1) is 0 Å². The summed E-state index contributed by atoms with van der Waals surface area (Å²) in [4.78, 5) is 34.9. The van der Waals surface area contributed by atoms with Gasteiger partial charge >= 0.3 is 5.97 Å². The minimum absolute atomic E-state index is 0.214. The van der Waals surface area contributed by atoms with Crippen LogP contribution in [0, 0.1) is 0 Å². The number of carboxylic acid groups (broad SMARTS) is 1. The number of carbonyl (C=O) groups is 1. The standard InChI is InChI=1S/C22H15ClN4O3/c23-17-7-15-18(8-19(17)26-10-13-3-1-2-4-14(13)11-26)27(20-9-24-5-6-25-20)12-16(21(15)28)22(29)30/h1-9,12H,10-11H2,(H,29,30). The number of fused-ring (bicyclic) bond motifs is 2. The van der Waals surface area contributed by atoms with Crippen molar-refractivity contribution in [2.24, 2.45) is 0 Å². The molecule has 0 bridgehead atoms.